The average molecular weight is 377 g/mol. The number of benzene rings is 1. The largest absolute Gasteiger partial charge is 0.348 e. The zero-order chi connectivity index (χ0) is 18.6. The maximum Gasteiger partial charge on any atom is 0.264 e. The minimum atomic E-state index is -0.470. The van der Waals surface area contributed by atoms with Crippen molar-refractivity contribution >= 4 is 17.2 Å². The number of thiophene rings is 1. The van der Waals surface area contributed by atoms with Gasteiger partial charge in [0.2, 0.25) is 0 Å². The van der Waals surface area contributed by atoms with Crippen molar-refractivity contribution in [3.8, 4) is 16.4 Å². The SMILES string of the molecule is O=C(NCc1ccccc1-n1ccnc1)c1cnc(-c2cccs2)[nH]c1=O. The van der Waals surface area contributed by atoms with Crippen LogP contribution in [0.1, 0.15) is 15.9 Å². The monoisotopic (exact) mass is 377 g/mol. The maximum absolute atomic E-state index is 12.4. The predicted molar refractivity (Wildman–Crippen MR) is 103 cm³/mol. The molecule has 0 aliphatic heterocycles. The van der Waals surface area contributed by atoms with Crippen LogP contribution in [0.25, 0.3) is 16.4 Å². The van der Waals surface area contributed by atoms with Gasteiger partial charge >= 0.3 is 0 Å². The molecule has 0 aliphatic carbocycles. The van der Waals surface area contributed by atoms with Crippen LogP contribution in [0.15, 0.2) is 71.5 Å². The average Bonchev–Trinajstić information content (AvgIpc) is 3.40. The van der Waals surface area contributed by atoms with Crippen LogP contribution in [-0.4, -0.2) is 25.4 Å². The third kappa shape index (κ3) is 3.56. The number of nitrogens with one attached hydrogen (secondary N) is 2. The summed E-state index contributed by atoms with van der Waals surface area (Å²) in [6, 6.07) is 11.4. The number of amides is 1. The molecule has 8 heteroatoms. The molecule has 1 amide bonds. The Balaban J connectivity index is 1.52. The summed E-state index contributed by atoms with van der Waals surface area (Å²) < 4.78 is 1.87. The molecule has 2 N–H and O–H groups in total. The van der Waals surface area contributed by atoms with E-state index in [4.69, 9.17) is 0 Å². The molecule has 134 valence electrons. The molecule has 0 saturated carbocycles. The van der Waals surface area contributed by atoms with Crippen LogP contribution >= 0.6 is 11.3 Å². The Morgan fingerprint density at radius 1 is 1.22 bits per heavy atom. The highest BCUT2D eigenvalue weighted by atomic mass is 32.1. The van der Waals surface area contributed by atoms with Crippen LogP contribution in [0.5, 0.6) is 0 Å². The van der Waals surface area contributed by atoms with Gasteiger partial charge in [0.15, 0.2) is 0 Å². The lowest BCUT2D eigenvalue weighted by molar-refractivity contribution is 0.0949. The van der Waals surface area contributed by atoms with Crippen molar-refractivity contribution in [2.45, 2.75) is 6.54 Å². The summed E-state index contributed by atoms with van der Waals surface area (Å²) in [6.07, 6.45) is 6.53. The first-order valence-electron chi connectivity index (χ1n) is 8.20. The number of imidazole rings is 1. The molecule has 3 aromatic heterocycles. The first kappa shape index (κ1) is 16.9. The molecule has 0 aliphatic rings. The summed E-state index contributed by atoms with van der Waals surface area (Å²) in [4.78, 5) is 36.5. The molecule has 4 aromatic rings. The molecule has 0 bridgehead atoms. The number of aromatic nitrogens is 4. The van der Waals surface area contributed by atoms with Crippen molar-refractivity contribution in [2.75, 3.05) is 0 Å². The van der Waals surface area contributed by atoms with E-state index in [-0.39, 0.29) is 12.1 Å². The molecule has 0 spiro atoms. The van der Waals surface area contributed by atoms with Gasteiger partial charge in [-0.05, 0) is 23.1 Å². The topological polar surface area (TPSA) is 92.7 Å². The van der Waals surface area contributed by atoms with Gasteiger partial charge in [0.1, 0.15) is 11.4 Å². The van der Waals surface area contributed by atoms with Crippen LogP contribution in [-0.2, 0) is 6.54 Å². The van der Waals surface area contributed by atoms with E-state index in [0.717, 1.165) is 16.1 Å². The van der Waals surface area contributed by atoms with Crippen molar-refractivity contribution in [1.29, 1.82) is 0 Å². The molecule has 0 unspecified atom stereocenters. The Kier molecular flexibility index (Phi) is 4.63. The second-order valence-electron chi connectivity index (χ2n) is 5.73. The zero-order valence-corrected chi connectivity index (χ0v) is 14.9. The van der Waals surface area contributed by atoms with Crippen LogP contribution in [0, 0.1) is 0 Å². The van der Waals surface area contributed by atoms with Crippen LogP contribution < -0.4 is 10.9 Å². The number of hydrogen-bond acceptors (Lipinski definition) is 5. The molecule has 1 aromatic carbocycles. The summed E-state index contributed by atoms with van der Waals surface area (Å²) in [7, 11) is 0. The van der Waals surface area contributed by atoms with E-state index >= 15 is 0 Å². The van der Waals surface area contributed by atoms with Gasteiger partial charge in [-0.2, -0.15) is 0 Å². The zero-order valence-electron chi connectivity index (χ0n) is 14.1. The fourth-order valence-electron chi connectivity index (χ4n) is 2.68. The molecule has 0 fully saturated rings. The summed E-state index contributed by atoms with van der Waals surface area (Å²) in [5.41, 5.74) is 1.34. The van der Waals surface area contributed by atoms with E-state index < -0.39 is 11.5 Å². The normalized spacial score (nSPS) is 10.7. The first-order valence-corrected chi connectivity index (χ1v) is 9.08. The third-order valence-electron chi connectivity index (χ3n) is 4.01. The molecule has 27 heavy (non-hydrogen) atoms. The number of carbonyl (C=O) groups excluding carboxylic acids is 1. The quantitative estimate of drug-likeness (QED) is 0.559. The van der Waals surface area contributed by atoms with Crippen molar-refractivity contribution < 1.29 is 4.79 Å². The molecular weight excluding hydrogens is 362 g/mol. The van der Waals surface area contributed by atoms with Crippen molar-refractivity contribution in [2.24, 2.45) is 0 Å². The van der Waals surface area contributed by atoms with Crippen molar-refractivity contribution in [1.82, 2.24) is 24.8 Å². The van der Waals surface area contributed by atoms with Crippen molar-refractivity contribution in [3.63, 3.8) is 0 Å². The fourth-order valence-corrected chi connectivity index (χ4v) is 3.36. The Morgan fingerprint density at radius 3 is 2.85 bits per heavy atom. The first-order chi connectivity index (χ1) is 13.2. The minimum Gasteiger partial charge on any atom is -0.348 e. The predicted octanol–water partition coefficient (Wildman–Crippen LogP) is 2.61. The molecular formula is C19H15N5O2S. The minimum absolute atomic E-state index is 0.0181. The molecule has 3 heterocycles. The lowest BCUT2D eigenvalue weighted by atomic mass is 10.1. The lowest BCUT2D eigenvalue weighted by Crippen LogP contribution is -2.30. The summed E-state index contributed by atoms with van der Waals surface area (Å²) >= 11 is 1.47. The number of H-pyrrole nitrogens is 1. The number of para-hydroxylation sites is 1. The molecule has 4 rings (SSSR count). The number of aromatic amines is 1. The van der Waals surface area contributed by atoms with E-state index in [2.05, 4.69) is 20.3 Å². The smallest absolute Gasteiger partial charge is 0.264 e. The summed E-state index contributed by atoms with van der Waals surface area (Å²) in [5.74, 6) is -0.0149. The second kappa shape index (κ2) is 7.38. The summed E-state index contributed by atoms with van der Waals surface area (Å²) in [6.45, 7) is 0.277. The second-order valence-corrected chi connectivity index (χ2v) is 6.68. The van der Waals surface area contributed by atoms with E-state index in [1.54, 1.807) is 12.5 Å². The standard InChI is InChI=1S/C19H15N5O2S/c25-18(14-11-21-17(23-19(14)26)16-6-3-9-27-16)22-10-13-4-1-2-5-15(13)24-8-7-20-12-24/h1-9,11-12H,10H2,(H,22,25)(H,21,23,26). The van der Waals surface area contributed by atoms with Gasteiger partial charge in [-0.25, -0.2) is 9.97 Å². The molecule has 0 saturated heterocycles. The lowest BCUT2D eigenvalue weighted by Gasteiger charge is -2.11. The Hall–Kier alpha value is -3.52. The number of nitrogens with zero attached hydrogens (tertiary/aromatic N) is 3. The van der Waals surface area contributed by atoms with Gasteiger partial charge < -0.3 is 14.9 Å². The van der Waals surface area contributed by atoms with Gasteiger partial charge in [-0.15, -0.1) is 11.3 Å². The highest BCUT2D eigenvalue weighted by molar-refractivity contribution is 7.13. The number of carbonyl (C=O) groups is 1. The van der Waals surface area contributed by atoms with Crippen molar-refractivity contribution in [3.05, 3.63) is 88.2 Å². The molecule has 7 nitrogen and oxygen atoms in total. The van der Waals surface area contributed by atoms with Gasteiger partial charge in [0, 0.05) is 25.1 Å². The highest BCUT2D eigenvalue weighted by Gasteiger charge is 2.13. The van der Waals surface area contributed by atoms with Gasteiger partial charge in [-0.3, -0.25) is 9.59 Å². The van der Waals surface area contributed by atoms with Gasteiger partial charge in [-0.1, -0.05) is 24.3 Å². The fraction of sp³-hybridized carbons (Fsp3) is 0.0526. The Bertz CT molecular complexity index is 1120. The Morgan fingerprint density at radius 2 is 2.11 bits per heavy atom. The van der Waals surface area contributed by atoms with E-state index in [9.17, 15) is 9.59 Å². The van der Waals surface area contributed by atoms with Crippen LogP contribution in [0.4, 0.5) is 0 Å². The van der Waals surface area contributed by atoms with Crippen LogP contribution in [0.2, 0.25) is 0 Å². The van der Waals surface area contributed by atoms with E-state index in [1.807, 2.05) is 52.5 Å². The maximum atomic E-state index is 12.4. The number of hydrogen-bond donors (Lipinski definition) is 2. The van der Waals surface area contributed by atoms with E-state index in [0.29, 0.717) is 5.82 Å². The van der Waals surface area contributed by atoms with E-state index in [1.165, 1.54) is 17.5 Å². The summed E-state index contributed by atoms with van der Waals surface area (Å²) in [5, 5.41) is 4.68. The molecule has 0 atom stereocenters. The highest BCUT2D eigenvalue weighted by Crippen LogP contribution is 2.19. The number of rotatable bonds is 5. The Labute approximate surface area is 158 Å². The third-order valence-corrected chi connectivity index (χ3v) is 4.89. The molecule has 0 radical (unpaired) electrons. The van der Waals surface area contributed by atoms with Gasteiger partial charge in [0.05, 0.1) is 16.9 Å². The van der Waals surface area contributed by atoms with Gasteiger partial charge in [0.25, 0.3) is 11.5 Å². The van der Waals surface area contributed by atoms with Crippen LogP contribution in [0.3, 0.4) is 0 Å².